The Morgan fingerprint density at radius 1 is 1.23 bits per heavy atom. The number of rotatable bonds is 7. The Bertz CT molecular complexity index is 705. The minimum absolute atomic E-state index is 0.166. The Kier molecular flexibility index (Phi) is 6.67. The first-order valence-corrected chi connectivity index (χ1v) is 10.4. The van der Waals surface area contributed by atoms with Gasteiger partial charge in [0.2, 0.25) is 5.91 Å². The van der Waals surface area contributed by atoms with Crippen molar-refractivity contribution in [2.75, 3.05) is 20.2 Å². The van der Waals surface area contributed by atoms with E-state index in [1.165, 1.54) is 32.1 Å². The zero-order valence-corrected chi connectivity index (χ0v) is 16.6. The van der Waals surface area contributed by atoms with E-state index in [0.29, 0.717) is 18.9 Å². The molecule has 4 nitrogen and oxygen atoms in total. The molecule has 2 aromatic rings. The second-order valence-electron chi connectivity index (χ2n) is 7.06. The van der Waals surface area contributed by atoms with E-state index < -0.39 is 0 Å². The van der Waals surface area contributed by atoms with Crippen LogP contribution in [-0.4, -0.2) is 36.0 Å². The molecule has 0 bridgehead atoms. The van der Waals surface area contributed by atoms with Crippen LogP contribution in [0, 0.1) is 5.92 Å². The van der Waals surface area contributed by atoms with Gasteiger partial charge in [-0.25, -0.2) is 4.98 Å². The van der Waals surface area contributed by atoms with Gasteiger partial charge in [0, 0.05) is 24.5 Å². The van der Waals surface area contributed by atoms with Gasteiger partial charge in [0.1, 0.15) is 10.8 Å². The van der Waals surface area contributed by atoms with Gasteiger partial charge < -0.3 is 9.64 Å². The maximum Gasteiger partial charge on any atom is 0.228 e. The van der Waals surface area contributed by atoms with Crippen molar-refractivity contribution >= 4 is 17.2 Å². The van der Waals surface area contributed by atoms with E-state index in [1.54, 1.807) is 11.3 Å². The zero-order chi connectivity index (χ0) is 18.4. The lowest BCUT2D eigenvalue weighted by molar-refractivity contribution is -0.129. The van der Waals surface area contributed by atoms with Crippen LogP contribution < -0.4 is 4.74 Å². The van der Waals surface area contributed by atoms with Crippen molar-refractivity contribution < 1.29 is 9.53 Å². The summed E-state index contributed by atoms with van der Waals surface area (Å²) >= 11 is 1.59. The molecule has 140 valence electrons. The lowest BCUT2D eigenvalue weighted by Gasteiger charge is -2.27. The average molecular weight is 373 g/mol. The summed E-state index contributed by atoms with van der Waals surface area (Å²) in [4.78, 5) is 19.1. The third-order valence-corrected chi connectivity index (χ3v) is 5.92. The SMILES string of the molecule is CCOc1ccc(-c2nc(CC(=O)N(C)CC3CCCCC3)cs2)cc1. The Morgan fingerprint density at radius 2 is 1.96 bits per heavy atom. The van der Waals surface area contributed by atoms with Crippen LogP contribution in [0.15, 0.2) is 29.6 Å². The first kappa shape index (κ1) is 18.9. The van der Waals surface area contributed by atoms with Crippen LogP contribution in [0.1, 0.15) is 44.7 Å². The van der Waals surface area contributed by atoms with Crippen molar-refractivity contribution in [3.8, 4) is 16.3 Å². The van der Waals surface area contributed by atoms with Gasteiger partial charge in [-0.05, 0) is 49.9 Å². The van der Waals surface area contributed by atoms with Crippen LogP contribution in [-0.2, 0) is 11.2 Å². The molecule has 1 heterocycles. The molecular weight excluding hydrogens is 344 g/mol. The number of carbonyl (C=O) groups is 1. The smallest absolute Gasteiger partial charge is 0.228 e. The van der Waals surface area contributed by atoms with Crippen LogP contribution in [0.5, 0.6) is 5.75 Å². The van der Waals surface area contributed by atoms with Crippen molar-refractivity contribution in [2.45, 2.75) is 45.4 Å². The highest BCUT2D eigenvalue weighted by Crippen LogP contribution is 2.27. The molecule has 0 unspecified atom stereocenters. The molecule has 0 spiro atoms. The number of hydrogen-bond donors (Lipinski definition) is 0. The van der Waals surface area contributed by atoms with Crippen LogP contribution in [0.2, 0.25) is 0 Å². The molecule has 0 aliphatic heterocycles. The molecule has 5 heteroatoms. The predicted molar refractivity (Wildman–Crippen MR) is 107 cm³/mol. The molecule has 0 atom stereocenters. The number of nitrogens with zero attached hydrogens (tertiary/aromatic N) is 2. The third kappa shape index (κ3) is 5.07. The second-order valence-corrected chi connectivity index (χ2v) is 7.91. The van der Waals surface area contributed by atoms with Crippen molar-refractivity contribution in [1.29, 1.82) is 0 Å². The highest BCUT2D eigenvalue weighted by atomic mass is 32.1. The van der Waals surface area contributed by atoms with Crippen LogP contribution in [0.3, 0.4) is 0 Å². The molecule has 3 rings (SSSR count). The molecule has 0 N–H and O–H groups in total. The molecule has 1 aliphatic carbocycles. The van der Waals surface area contributed by atoms with Crippen molar-refractivity contribution in [2.24, 2.45) is 5.92 Å². The highest BCUT2D eigenvalue weighted by molar-refractivity contribution is 7.13. The van der Waals surface area contributed by atoms with Gasteiger partial charge in [0.25, 0.3) is 0 Å². The monoisotopic (exact) mass is 372 g/mol. The molecule has 0 radical (unpaired) electrons. The summed E-state index contributed by atoms with van der Waals surface area (Å²) in [6.45, 7) is 3.52. The molecule has 1 fully saturated rings. The number of benzene rings is 1. The number of amides is 1. The summed E-state index contributed by atoms with van der Waals surface area (Å²) in [6, 6.07) is 7.96. The summed E-state index contributed by atoms with van der Waals surface area (Å²) < 4.78 is 5.48. The van der Waals surface area contributed by atoms with Crippen LogP contribution >= 0.6 is 11.3 Å². The molecule has 1 aromatic carbocycles. The Morgan fingerprint density at radius 3 is 2.65 bits per heavy atom. The number of aromatic nitrogens is 1. The van der Waals surface area contributed by atoms with E-state index in [4.69, 9.17) is 4.74 Å². The molecule has 1 aromatic heterocycles. The van der Waals surface area contributed by atoms with E-state index in [2.05, 4.69) is 4.98 Å². The first-order valence-electron chi connectivity index (χ1n) is 9.57. The normalized spacial score (nSPS) is 15.0. The summed E-state index contributed by atoms with van der Waals surface area (Å²) in [7, 11) is 1.93. The minimum atomic E-state index is 0.166. The highest BCUT2D eigenvalue weighted by Gasteiger charge is 2.19. The standard InChI is InChI=1S/C21H28N2O2S/c1-3-25-19-11-9-17(10-12-19)21-22-18(15-26-21)13-20(24)23(2)14-16-7-5-4-6-8-16/h9-12,15-16H,3-8,13-14H2,1-2H3. The number of thiazole rings is 1. The largest absolute Gasteiger partial charge is 0.494 e. The summed E-state index contributed by atoms with van der Waals surface area (Å²) in [5.74, 6) is 1.71. The molecule has 26 heavy (non-hydrogen) atoms. The second kappa shape index (κ2) is 9.17. The van der Waals surface area contributed by atoms with E-state index in [1.807, 2.05) is 48.5 Å². The van der Waals surface area contributed by atoms with Gasteiger partial charge >= 0.3 is 0 Å². The fourth-order valence-corrected chi connectivity index (χ4v) is 4.36. The van der Waals surface area contributed by atoms with E-state index in [0.717, 1.165) is 28.6 Å². The fourth-order valence-electron chi connectivity index (χ4n) is 3.53. The fraction of sp³-hybridized carbons (Fsp3) is 0.524. The number of likely N-dealkylation sites (N-methyl/N-ethyl adjacent to an activating group) is 1. The van der Waals surface area contributed by atoms with E-state index >= 15 is 0 Å². The maximum absolute atomic E-state index is 12.5. The van der Waals surface area contributed by atoms with Crippen molar-refractivity contribution in [1.82, 2.24) is 9.88 Å². The van der Waals surface area contributed by atoms with Crippen molar-refractivity contribution in [3.05, 3.63) is 35.3 Å². The van der Waals surface area contributed by atoms with Gasteiger partial charge in [-0.3, -0.25) is 4.79 Å². The van der Waals surface area contributed by atoms with Gasteiger partial charge in [-0.1, -0.05) is 19.3 Å². The minimum Gasteiger partial charge on any atom is -0.494 e. The van der Waals surface area contributed by atoms with E-state index in [9.17, 15) is 4.79 Å². The average Bonchev–Trinajstić information content (AvgIpc) is 3.12. The lowest BCUT2D eigenvalue weighted by atomic mass is 9.89. The Hall–Kier alpha value is -1.88. The molecule has 1 aliphatic rings. The number of hydrogen-bond acceptors (Lipinski definition) is 4. The van der Waals surface area contributed by atoms with Crippen LogP contribution in [0.4, 0.5) is 0 Å². The summed E-state index contributed by atoms with van der Waals surface area (Å²) in [5.41, 5.74) is 1.92. The molecule has 1 saturated carbocycles. The van der Waals surface area contributed by atoms with Gasteiger partial charge in [0.05, 0.1) is 18.7 Å². The summed E-state index contributed by atoms with van der Waals surface area (Å²) in [5, 5.41) is 2.95. The van der Waals surface area contributed by atoms with Crippen LogP contribution in [0.25, 0.3) is 10.6 Å². The molecule has 1 amide bonds. The number of carbonyl (C=O) groups excluding carboxylic acids is 1. The Labute approximate surface area is 160 Å². The molecule has 0 saturated heterocycles. The quantitative estimate of drug-likeness (QED) is 0.702. The third-order valence-electron chi connectivity index (χ3n) is 4.98. The van der Waals surface area contributed by atoms with Gasteiger partial charge in [-0.2, -0.15) is 0 Å². The topological polar surface area (TPSA) is 42.4 Å². The molecular formula is C21H28N2O2S. The Balaban J connectivity index is 1.56. The maximum atomic E-state index is 12.5. The zero-order valence-electron chi connectivity index (χ0n) is 15.7. The van der Waals surface area contributed by atoms with Crippen molar-refractivity contribution in [3.63, 3.8) is 0 Å². The van der Waals surface area contributed by atoms with E-state index in [-0.39, 0.29) is 5.91 Å². The lowest BCUT2D eigenvalue weighted by Crippen LogP contribution is -2.33. The summed E-state index contributed by atoms with van der Waals surface area (Å²) in [6.07, 6.45) is 6.87. The first-order chi connectivity index (χ1) is 12.7. The van der Waals surface area contributed by atoms with Gasteiger partial charge in [0.15, 0.2) is 0 Å². The number of ether oxygens (including phenoxy) is 1. The predicted octanol–water partition coefficient (Wildman–Crippen LogP) is 4.79. The van der Waals surface area contributed by atoms with Gasteiger partial charge in [-0.15, -0.1) is 11.3 Å².